The molecule has 0 amide bonds. The van der Waals surface area contributed by atoms with Crippen molar-refractivity contribution in [1.29, 1.82) is 0 Å². The quantitative estimate of drug-likeness (QED) is 0.613. The molecule has 0 saturated heterocycles. The van der Waals surface area contributed by atoms with Crippen LogP contribution in [0, 0.1) is 18.2 Å². The van der Waals surface area contributed by atoms with Crippen LogP contribution >= 0.6 is 11.8 Å². The fraction of sp³-hybridized carbons (Fsp3) is 0.333. The average molecular weight is 223 g/mol. The molecule has 0 saturated carbocycles. The van der Waals surface area contributed by atoms with Crippen LogP contribution in [-0.2, 0) is 0 Å². The van der Waals surface area contributed by atoms with Crippen LogP contribution in [0.4, 0.5) is 4.39 Å². The molecule has 0 fully saturated rings. The molecule has 1 nitrogen and oxygen atoms in total. The minimum Gasteiger partial charge on any atom is -0.327 e. The molecule has 0 heterocycles. The highest BCUT2D eigenvalue weighted by Gasteiger charge is 2.02. The van der Waals surface area contributed by atoms with Crippen LogP contribution in [0.25, 0.3) is 0 Å². The van der Waals surface area contributed by atoms with E-state index in [0.29, 0.717) is 6.42 Å². The van der Waals surface area contributed by atoms with Gasteiger partial charge in [-0.2, -0.15) is 0 Å². The van der Waals surface area contributed by atoms with Gasteiger partial charge in [0.05, 0.1) is 0 Å². The Kier molecular flexibility index (Phi) is 5.23. The molecule has 1 unspecified atom stereocenters. The zero-order valence-electron chi connectivity index (χ0n) is 8.45. The standard InChI is InChI=1S/C12H14FNS/c1-2-3-4-11(14)9-15-12-7-5-10(13)6-8-12/h1,5-8,11H,3-4,9,14H2. The Hall–Kier alpha value is -0.980. The van der Waals surface area contributed by atoms with Crippen LogP contribution in [0.3, 0.4) is 0 Å². The van der Waals surface area contributed by atoms with E-state index in [9.17, 15) is 4.39 Å². The fourth-order valence-corrected chi connectivity index (χ4v) is 1.99. The van der Waals surface area contributed by atoms with E-state index >= 15 is 0 Å². The fourth-order valence-electron chi connectivity index (χ4n) is 1.09. The van der Waals surface area contributed by atoms with E-state index in [1.54, 1.807) is 23.9 Å². The number of rotatable bonds is 5. The number of thioether (sulfide) groups is 1. The van der Waals surface area contributed by atoms with E-state index in [1.165, 1.54) is 12.1 Å². The SMILES string of the molecule is C#CCCC(N)CSc1ccc(F)cc1. The Bertz CT molecular complexity index is 328. The van der Waals surface area contributed by atoms with E-state index in [2.05, 4.69) is 5.92 Å². The molecule has 1 rings (SSSR count). The van der Waals surface area contributed by atoms with E-state index in [1.807, 2.05) is 0 Å². The van der Waals surface area contributed by atoms with Crippen molar-refractivity contribution in [3.05, 3.63) is 30.1 Å². The number of halogens is 1. The number of benzene rings is 1. The van der Waals surface area contributed by atoms with Crippen molar-refractivity contribution in [1.82, 2.24) is 0 Å². The van der Waals surface area contributed by atoms with Gasteiger partial charge in [0.25, 0.3) is 0 Å². The van der Waals surface area contributed by atoms with E-state index < -0.39 is 0 Å². The maximum atomic E-state index is 12.6. The molecule has 3 heteroatoms. The molecule has 0 aliphatic rings. The lowest BCUT2D eigenvalue weighted by Crippen LogP contribution is -2.22. The summed E-state index contributed by atoms with van der Waals surface area (Å²) in [6.45, 7) is 0. The van der Waals surface area contributed by atoms with Crippen molar-refractivity contribution in [2.75, 3.05) is 5.75 Å². The van der Waals surface area contributed by atoms with Gasteiger partial charge < -0.3 is 5.73 Å². The molecular weight excluding hydrogens is 209 g/mol. The molecule has 0 aliphatic carbocycles. The summed E-state index contributed by atoms with van der Waals surface area (Å²) in [7, 11) is 0. The van der Waals surface area contributed by atoms with Gasteiger partial charge in [0.2, 0.25) is 0 Å². The van der Waals surface area contributed by atoms with Gasteiger partial charge in [0.1, 0.15) is 5.82 Å². The first kappa shape index (κ1) is 12.1. The van der Waals surface area contributed by atoms with Gasteiger partial charge in [0.15, 0.2) is 0 Å². The topological polar surface area (TPSA) is 26.0 Å². The number of hydrogen-bond acceptors (Lipinski definition) is 2. The lowest BCUT2D eigenvalue weighted by molar-refractivity contribution is 0.626. The normalized spacial score (nSPS) is 12.1. The van der Waals surface area contributed by atoms with Crippen molar-refractivity contribution in [2.45, 2.75) is 23.8 Å². The van der Waals surface area contributed by atoms with Crippen LogP contribution in [0.1, 0.15) is 12.8 Å². The first-order valence-electron chi connectivity index (χ1n) is 4.80. The molecule has 0 radical (unpaired) electrons. The van der Waals surface area contributed by atoms with Gasteiger partial charge in [-0.05, 0) is 30.7 Å². The number of terminal acetylenes is 1. The molecule has 0 bridgehead atoms. The monoisotopic (exact) mass is 223 g/mol. The summed E-state index contributed by atoms with van der Waals surface area (Å²) in [5, 5.41) is 0. The molecule has 1 atom stereocenters. The van der Waals surface area contributed by atoms with Gasteiger partial charge in [-0.3, -0.25) is 0 Å². The molecule has 1 aromatic rings. The lowest BCUT2D eigenvalue weighted by atomic mass is 10.2. The van der Waals surface area contributed by atoms with Gasteiger partial charge in [-0.25, -0.2) is 4.39 Å². The van der Waals surface area contributed by atoms with Crippen LogP contribution in [0.15, 0.2) is 29.2 Å². The highest BCUT2D eigenvalue weighted by molar-refractivity contribution is 7.99. The Balaban J connectivity index is 2.31. The summed E-state index contributed by atoms with van der Waals surface area (Å²) in [4.78, 5) is 1.03. The van der Waals surface area contributed by atoms with Gasteiger partial charge in [0, 0.05) is 23.1 Å². The minimum atomic E-state index is -0.212. The molecule has 1 aromatic carbocycles. The Labute approximate surface area is 94.2 Å². The Morgan fingerprint density at radius 3 is 2.67 bits per heavy atom. The van der Waals surface area contributed by atoms with Crippen molar-refractivity contribution in [3.63, 3.8) is 0 Å². The summed E-state index contributed by atoms with van der Waals surface area (Å²) < 4.78 is 12.6. The van der Waals surface area contributed by atoms with Crippen LogP contribution in [0.5, 0.6) is 0 Å². The second-order valence-corrected chi connectivity index (χ2v) is 4.36. The summed E-state index contributed by atoms with van der Waals surface area (Å²) in [5.41, 5.74) is 5.85. The molecule has 0 aliphatic heterocycles. The summed E-state index contributed by atoms with van der Waals surface area (Å²) in [6, 6.07) is 6.53. The molecule has 15 heavy (non-hydrogen) atoms. The third-order valence-corrected chi connectivity index (χ3v) is 3.14. The molecule has 0 aromatic heterocycles. The Morgan fingerprint density at radius 2 is 2.07 bits per heavy atom. The maximum absolute atomic E-state index is 12.6. The van der Waals surface area contributed by atoms with Crippen LogP contribution < -0.4 is 5.73 Å². The smallest absolute Gasteiger partial charge is 0.123 e. The summed E-state index contributed by atoms with van der Waals surface area (Å²) in [6.07, 6.45) is 6.70. The molecule has 80 valence electrons. The second kappa shape index (κ2) is 6.49. The molecule has 2 N–H and O–H groups in total. The third-order valence-electron chi connectivity index (χ3n) is 1.94. The zero-order valence-corrected chi connectivity index (χ0v) is 9.27. The molecular formula is C12H14FNS. The summed E-state index contributed by atoms with van der Waals surface area (Å²) in [5.74, 6) is 3.17. The largest absolute Gasteiger partial charge is 0.327 e. The minimum absolute atomic E-state index is 0.108. The lowest BCUT2D eigenvalue weighted by Gasteiger charge is -2.08. The first-order valence-corrected chi connectivity index (χ1v) is 5.78. The predicted octanol–water partition coefficient (Wildman–Crippen LogP) is 2.66. The maximum Gasteiger partial charge on any atom is 0.123 e. The highest BCUT2D eigenvalue weighted by atomic mass is 32.2. The highest BCUT2D eigenvalue weighted by Crippen LogP contribution is 2.19. The number of hydrogen-bond donors (Lipinski definition) is 1. The Morgan fingerprint density at radius 1 is 1.40 bits per heavy atom. The van der Waals surface area contributed by atoms with Gasteiger partial charge in [-0.15, -0.1) is 24.1 Å². The second-order valence-electron chi connectivity index (χ2n) is 3.27. The van der Waals surface area contributed by atoms with E-state index in [4.69, 9.17) is 12.2 Å². The zero-order chi connectivity index (χ0) is 11.1. The summed E-state index contributed by atoms with van der Waals surface area (Å²) >= 11 is 1.63. The van der Waals surface area contributed by atoms with Crippen LogP contribution in [-0.4, -0.2) is 11.8 Å². The van der Waals surface area contributed by atoms with E-state index in [-0.39, 0.29) is 11.9 Å². The molecule has 0 spiro atoms. The van der Waals surface area contributed by atoms with Gasteiger partial charge >= 0.3 is 0 Å². The van der Waals surface area contributed by atoms with Gasteiger partial charge in [-0.1, -0.05) is 0 Å². The van der Waals surface area contributed by atoms with Crippen molar-refractivity contribution in [2.24, 2.45) is 5.73 Å². The first-order chi connectivity index (χ1) is 7.22. The van der Waals surface area contributed by atoms with Crippen molar-refractivity contribution < 1.29 is 4.39 Å². The van der Waals surface area contributed by atoms with Crippen LogP contribution in [0.2, 0.25) is 0 Å². The average Bonchev–Trinajstić information content (AvgIpc) is 2.25. The predicted molar refractivity (Wildman–Crippen MR) is 63.2 cm³/mol. The van der Waals surface area contributed by atoms with Crippen molar-refractivity contribution >= 4 is 11.8 Å². The third kappa shape index (κ3) is 4.87. The van der Waals surface area contributed by atoms with E-state index in [0.717, 1.165) is 17.1 Å². The number of nitrogens with two attached hydrogens (primary N) is 1. The van der Waals surface area contributed by atoms with Crippen molar-refractivity contribution in [3.8, 4) is 12.3 Å².